The molecule has 0 fully saturated rings. The monoisotopic (exact) mass is 383 g/mol. The third-order valence-corrected chi connectivity index (χ3v) is 5.43. The molecule has 2 N–H and O–H groups in total. The Labute approximate surface area is 158 Å². The van der Waals surface area contributed by atoms with E-state index in [4.69, 9.17) is 5.73 Å². The van der Waals surface area contributed by atoms with Gasteiger partial charge in [-0.2, -0.15) is 0 Å². The summed E-state index contributed by atoms with van der Waals surface area (Å²) in [5.74, 6) is 0.172. The van der Waals surface area contributed by atoms with Crippen LogP contribution >= 0.6 is 0 Å². The number of carbonyl (C=O) groups excluding carboxylic acids is 1. The number of nitrogens with zero attached hydrogens (tertiary/aromatic N) is 2. The molecule has 0 saturated carbocycles. The number of aryl methyl sites for hydroxylation is 1. The molecular formula is C20H21N3O3S. The maximum atomic E-state index is 12.3. The van der Waals surface area contributed by atoms with Crippen LogP contribution in [0.2, 0.25) is 0 Å². The zero-order valence-corrected chi connectivity index (χ0v) is 16.2. The van der Waals surface area contributed by atoms with E-state index in [0.29, 0.717) is 11.5 Å². The Morgan fingerprint density at radius 1 is 1.11 bits per heavy atom. The predicted octanol–water partition coefficient (Wildman–Crippen LogP) is 3.08. The van der Waals surface area contributed by atoms with Gasteiger partial charge in [-0.3, -0.25) is 4.79 Å². The number of hydrogen-bond acceptors (Lipinski definition) is 5. The van der Waals surface area contributed by atoms with Crippen molar-refractivity contribution in [2.24, 2.45) is 0 Å². The number of pyridine rings is 1. The lowest BCUT2D eigenvalue weighted by Gasteiger charge is -2.24. The molecule has 7 heteroatoms. The highest BCUT2D eigenvalue weighted by Crippen LogP contribution is 2.28. The lowest BCUT2D eigenvalue weighted by molar-refractivity contribution is -0.116. The highest BCUT2D eigenvalue weighted by atomic mass is 32.2. The van der Waals surface area contributed by atoms with Gasteiger partial charge in [0.15, 0.2) is 9.84 Å². The zero-order valence-electron chi connectivity index (χ0n) is 15.4. The summed E-state index contributed by atoms with van der Waals surface area (Å²) in [7, 11) is -3.49. The smallest absolute Gasteiger partial charge is 0.224 e. The topological polar surface area (TPSA) is 93.4 Å². The van der Waals surface area contributed by atoms with Crippen LogP contribution in [-0.2, 0) is 21.2 Å². The van der Waals surface area contributed by atoms with E-state index in [1.807, 2.05) is 31.2 Å². The van der Waals surface area contributed by atoms with Crippen LogP contribution in [0, 0.1) is 6.92 Å². The summed E-state index contributed by atoms with van der Waals surface area (Å²) in [6, 6.07) is 14.3. The molecule has 2 aromatic carbocycles. The Morgan fingerprint density at radius 2 is 1.81 bits per heavy atom. The van der Waals surface area contributed by atoms with Gasteiger partial charge in [0, 0.05) is 18.6 Å². The minimum Gasteiger partial charge on any atom is -0.384 e. The molecule has 0 unspecified atom stereocenters. The number of rotatable bonds is 4. The van der Waals surface area contributed by atoms with Crippen molar-refractivity contribution in [3.8, 4) is 0 Å². The van der Waals surface area contributed by atoms with Crippen molar-refractivity contribution in [3.63, 3.8) is 0 Å². The van der Waals surface area contributed by atoms with Crippen molar-refractivity contribution >= 4 is 38.2 Å². The summed E-state index contributed by atoms with van der Waals surface area (Å²) in [4.78, 5) is 18.2. The Kier molecular flexibility index (Phi) is 4.89. The minimum absolute atomic E-state index is 0.140. The van der Waals surface area contributed by atoms with Crippen LogP contribution in [0.3, 0.4) is 0 Å². The van der Waals surface area contributed by atoms with Crippen molar-refractivity contribution in [1.82, 2.24) is 4.98 Å². The summed E-state index contributed by atoms with van der Waals surface area (Å²) in [5, 5.41) is 0.939. The number of sulfone groups is 1. The van der Waals surface area contributed by atoms with Gasteiger partial charge in [0.1, 0.15) is 5.82 Å². The van der Waals surface area contributed by atoms with Gasteiger partial charge in [-0.25, -0.2) is 13.4 Å². The fraction of sp³-hybridized carbons (Fsp3) is 0.200. The molecule has 3 rings (SSSR count). The summed E-state index contributed by atoms with van der Waals surface area (Å²) >= 11 is 0. The van der Waals surface area contributed by atoms with E-state index in [0.717, 1.165) is 28.3 Å². The van der Waals surface area contributed by atoms with E-state index in [-0.39, 0.29) is 17.3 Å². The van der Waals surface area contributed by atoms with Crippen LogP contribution in [0.5, 0.6) is 0 Å². The molecule has 1 aromatic heterocycles. The quantitative estimate of drug-likeness (QED) is 0.747. The third kappa shape index (κ3) is 4.09. The Balaban J connectivity index is 2.07. The number of nitrogens with two attached hydrogens (primary N) is 1. The SMILES string of the molecule is CC(=O)N(Cc1ccc2ccc(N)nc2c1)c1ccc(C)cc1S(C)(=O)=O. The van der Waals surface area contributed by atoms with Crippen LogP contribution in [0.1, 0.15) is 18.1 Å². The largest absolute Gasteiger partial charge is 0.384 e. The summed E-state index contributed by atoms with van der Waals surface area (Å²) in [5.41, 5.74) is 8.49. The van der Waals surface area contributed by atoms with Crippen molar-refractivity contribution in [1.29, 1.82) is 0 Å². The van der Waals surface area contributed by atoms with Gasteiger partial charge in [-0.15, -0.1) is 0 Å². The molecule has 27 heavy (non-hydrogen) atoms. The third-order valence-electron chi connectivity index (χ3n) is 4.30. The molecule has 3 aromatic rings. The van der Waals surface area contributed by atoms with E-state index in [1.54, 1.807) is 24.3 Å². The molecule has 0 atom stereocenters. The Morgan fingerprint density at radius 3 is 2.48 bits per heavy atom. The molecule has 0 aliphatic carbocycles. The van der Waals surface area contributed by atoms with Gasteiger partial charge in [-0.05, 0) is 48.4 Å². The number of amides is 1. The number of hydrogen-bond donors (Lipinski definition) is 1. The molecule has 140 valence electrons. The fourth-order valence-corrected chi connectivity index (χ4v) is 3.93. The van der Waals surface area contributed by atoms with Crippen molar-refractivity contribution in [2.75, 3.05) is 16.9 Å². The first-order valence-corrected chi connectivity index (χ1v) is 10.3. The van der Waals surface area contributed by atoms with Crippen LogP contribution in [0.4, 0.5) is 11.5 Å². The molecule has 0 aliphatic rings. The number of benzene rings is 2. The zero-order chi connectivity index (χ0) is 19.8. The number of aromatic nitrogens is 1. The van der Waals surface area contributed by atoms with Crippen molar-refractivity contribution < 1.29 is 13.2 Å². The number of carbonyl (C=O) groups is 1. The lowest BCUT2D eigenvalue weighted by atomic mass is 10.1. The summed E-state index contributed by atoms with van der Waals surface area (Å²) in [6.45, 7) is 3.46. The van der Waals surface area contributed by atoms with Crippen LogP contribution in [0.15, 0.2) is 53.4 Å². The molecule has 0 aliphatic heterocycles. The van der Waals surface area contributed by atoms with E-state index in [9.17, 15) is 13.2 Å². The second kappa shape index (κ2) is 7.00. The maximum Gasteiger partial charge on any atom is 0.224 e. The van der Waals surface area contributed by atoms with E-state index in [1.165, 1.54) is 11.8 Å². The Hall–Kier alpha value is -2.93. The summed E-state index contributed by atoms with van der Waals surface area (Å²) in [6.07, 6.45) is 1.15. The van der Waals surface area contributed by atoms with Gasteiger partial charge in [-0.1, -0.05) is 18.2 Å². The van der Waals surface area contributed by atoms with E-state index in [2.05, 4.69) is 4.98 Å². The van der Waals surface area contributed by atoms with Crippen LogP contribution in [0.25, 0.3) is 10.9 Å². The van der Waals surface area contributed by atoms with E-state index >= 15 is 0 Å². The second-order valence-corrected chi connectivity index (χ2v) is 8.60. The average Bonchev–Trinajstić information content (AvgIpc) is 2.58. The highest BCUT2D eigenvalue weighted by Gasteiger charge is 2.21. The molecule has 0 spiro atoms. The molecule has 1 heterocycles. The average molecular weight is 383 g/mol. The van der Waals surface area contributed by atoms with Gasteiger partial charge < -0.3 is 10.6 Å². The molecule has 0 saturated heterocycles. The molecule has 1 amide bonds. The predicted molar refractivity (Wildman–Crippen MR) is 107 cm³/mol. The molecule has 6 nitrogen and oxygen atoms in total. The van der Waals surface area contributed by atoms with Crippen LogP contribution in [-0.4, -0.2) is 25.6 Å². The molecule has 0 bridgehead atoms. The molecular weight excluding hydrogens is 362 g/mol. The first-order valence-electron chi connectivity index (χ1n) is 8.39. The number of anilines is 2. The fourth-order valence-electron chi connectivity index (χ4n) is 2.97. The van der Waals surface area contributed by atoms with Gasteiger partial charge >= 0.3 is 0 Å². The Bertz CT molecular complexity index is 1140. The van der Waals surface area contributed by atoms with E-state index < -0.39 is 9.84 Å². The summed E-state index contributed by atoms with van der Waals surface area (Å²) < 4.78 is 24.5. The molecule has 0 radical (unpaired) electrons. The van der Waals surface area contributed by atoms with Gasteiger partial charge in [0.2, 0.25) is 5.91 Å². The minimum atomic E-state index is -3.49. The first kappa shape index (κ1) is 18.8. The maximum absolute atomic E-state index is 12.3. The normalized spacial score (nSPS) is 11.5. The van der Waals surface area contributed by atoms with Crippen molar-refractivity contribution in [2.45, 2.75) is 25.3 Å². The number of nitrogen functional groups attached to an aromatic ring is 1. The highest BCUT2D eigenvalue weighted by molar-refractivity contribution is 7.90. The second-order valence-electron chi connectivity index (χ2n) is 6.61. The van der Waals surface area contributed by atoms with Gasteiger partial charge in [0.25, 0.3) is 0 Å². The van der Waals surface area contributed by atoms with Crippen LogP contribution < -0.4 is 10.6 Å². The van der Waals surface area contributed by atoms with Gasteiger partial charge in [0.05, 0.1) is 22.6 Å². The lowest BCUT2D eigenvalue weighted by Crippen LogP contribution is -2.29. The first-order chi connectivity index (χ1) is 12.6. The van der Waals surface area contributed by atoms with Crippen molar-refractivity contribution in [3.05, 3.63) is 59.7 Å². The standard InChI is InChI=1S/C20H21N3O3S/c1-13-4-8-18(19(10-13)27(3,25)26)23(14(2)24)12-15-5-6-16-7-9-20(21)22-17(16)11-15/h4-11H,12H2,1-3H3,(H2,21,22). The number of fused-ring (bicyclic) bond motifs is 1.